The fourth-order valence-corrected chi connectivity index (χ4v) is 5.47. The van der Waals surface area contributed by atoms with Gasteiger partial charge in [-0.05, 0) is 63.6 Å². The Labute approximate surface area is 167 Å². The lowest BCUT2D eigenvalue weighted by Gasteiger charge is -2.19. The summed E-state index contributed by atoms with van der Waals surface area (Å²) in [6, 6.07) is 4.56. The lowest BCUT2D eigenvalue weighted by molar-refractivity contribution is 0.0899. The van der Waals surface area contributed by atoms with Crippen molar-refractivity contribution in [2.45, 2.75) is 62.5 Å². The van der Waals surface area contributed by atoms with E-state index in [4.69, 9.17) is 9.47 Å². The van der Waals surface area contributed by atoms with Crippen molar-refractivity contribution < 1.29 is 22.7 Å². The summed E-state index contributed by atoms with van der Waals surface area (Å²) in [5.74, 6) is -0.0183. The molecule has 0 aliphatic carbocycles. The summed E-state index contributed by atoms with van der Waals surface area (Å²) in [6.07, 6.45) is 5.91. The van der Waals surface area contributed by atoms with E-state index in [0.29, 0.717) is 18.7 Å². The molecule has 2 saturated heterocycles. The molecule has 0 aromatic heterocycles. The third kappa shape index (κ3) is 4.85. The molecule has 28 heavy (non-hydrogen) atoms. The number of rotatable bonds is 8. The molecule has 0 spiro atoms. The van der Waals surface area contributed by atoms with Gasteiger partial charge in [-0.1, -0.05) is 0 Å². The van der Waals surface area contributed by atoms with Gasteiger partial charge in [0.2, 0.25) is 10.0 Å². The smallest absolute Gasteiger partial charge is 0.251 e. The van der Waals surface area contributed by atoms with E-state index in [1.54, 1.807) is 12.1 Å². The van der Waals surface area contributed by atoms with Gasteiger partial charge < -0.3 is 14.8 Å². The predicted molar refractivity (Wildman–Crippen MR) is 106 cm³/mol. The molecule has 156 valence electrons. The Morgan fingerprint density at radius 3 is 2.71 bits per heavy atom. The molecule has 2 aliphatic heterocycles. The highest BCUT2D eigenvalue weighted by atomic mass is 32.2. The maximum absolute atomic E-state index is 13.0. The monoisotopic (exact) mass is 410 g/mol. The number of methoxy groups -OCH3 is 1. The van der Waals surface area contributed by atoms with Crippen LogP contribution < -0.4 is 10.1 Å². The molecule has 2 aliphatic rings. The van der Waals surface area contributed by atoms with Gasteiger partial charge in [-0.3, -0.25) is 4.79 Å². The van der Waals surface area contributed by atoms with Crippen LogP contribution in [0.1, 0.15) is 55.8 Å². The number of nitrogens with zero attached hydrogens (tertiary/aromatic N) is 1. The first-order chi connectivity index (χ1) is 13.4. The highest BCUT2D eigenvalue weighted by Gasteiger charge is 2.30. The van der Waals surface area contributed by atoms with Gasteiger partial charge in [-0.25, -0.2) is 8.42 Å². The van der Waals surface area contributed by atoms with E-state index in [1.807, 2.05) is 6.92 Å². The van der Waals surface area contributed by atoms with Crippen LogP contribution in [-0.2, 0) is 14.8 Å². The quantitative estimate of drug-likeness (QED) is 0.712. The van der Waals surface area contributed by atoms with E-state index in [0.717, 1.165) is 45.1 Å². The second-order valence-corrected chi connectivity index (χ2v) is 9.47. The minimum Gasteiger partial charge on any atom is -0.495 e. The maximum atomic E-state index is 13.0. The van der Waals surface area contributed by atoms with Crippen molar-refractivity contribution in [2.75, 3.05) is 26.8 Å². The molecule has 1 N–H and O–H groups in total. The Morgan fingerprint density at radius 2 is 2.07 bits per heavy atom. The number of hydrogen-bond acceptors (Lipinski definition) is 5. The molecule has 0 saturated carbocycles. The lowest BCUT2D eigenvalue weighted by Crippen LogP contribution is -2.33. The van der Waals surface area contributed by atoms with E-state index in [1.165, 1.54) is 17.5 Å². The lowest BCUT2D eigenvalue weighted by atomic mass is 10.1. The number of sulfonamides is 1. The van der Waals surface area contributed by atoms with Gasteiger partial charge in [0.15, 0.2) is 0 Å². The number of carbonyl (C=O) groups excluding carboxylic acids is 1. The molecule has 0 radical (unpaired) electrons. The van der Waals surface area contributed by atoms with Crippen LogP contribution in [0.15, 0.2) is 23.1 Å². The molecule has 2 fully saturated rings. The number of benzene rings is 1. The topological polar surface area (TPSA) is 84.9 Å². The molecule has 2 atom stereocenters. The first-order valence-electron chi connectivity index (χ1n) is 10.0. The Hall–Kier alpha value is -1.64. The number of carbonyl (C=O) groups is 1. The SMILES string of the molecule is COc1ccc(C(=O)NC(C)CCC2CCCO2)cc1S(=O)(=O)N1CCCC1. The molecular weight excluding hydrogens is 380 g/mol. The van der Waals surface area contributed by atoms with Gasteiger partial charge in [0.05, 0.1) is 13.2 Å². The van der Waals surface area contributed by atoms with Crippen molar-refractivity contribution in [2.24, 2.45) is 0 Å². The predicted octanol–water partition coefficient (Wildman–Crippen LogP) is 2.56. The van der Waals surface area contributed by atoms with Crippen molar-refractivity contribution in [3.05, 3.63) is 23.8 Å². The van der Waals surface area contributed by atoms with Crippen LogP contribution >= 0.6 is 0 Å². The summed E-state index contributed by atoms with van der Waals surface area (Å²) < 4.78 is 38.3. The molecule has 0 bridgehead atoms. The zero-order chi connectivity index (χ0) is 20.1. The Bertz CT molecular complexity index is 784. The van der Waals surface area contributed by atoms with E-state index in [2.05, 4.69) is 5.32 Å². The summed E-state index contributed by atoms with van der Waals surface area (Å²) >= 11 is 0. The number of ether oxygens (including phenoxy) is 2. The van der Waals surface area contributed by atoms with Gasteiger partial charge in [-0.15, -0.1) is 0 Å². The summed E-state index contributed by atoms with van der Waals surface area (Å²) in [4.78, 5) is 12.7. The van der Waals surface area contributed by atoms with Crippen molar-refractivity contribution in [3.63, 3.8) is 0 Å². The number of hydrogen-bond donors (Lipinski definition) is 1. The molecule has 3 rings (SSSR count). The van der Waals surface area contributed by atoms with E-state index in [9.17, 15) is 13.2 Å². The molecule has 2 unspecified atom stereocenters. The summed E-state index contributed by atoms with van der Waals surface area (Å²) in [5.41, 5.74) is 0.322. The van der Waals surface area contributed by atoms with Gasteiger partial charge in [0.25, 0.3) is 5.91 Å². The van der Waals surface area contributed by atoms with Crippen LogP contribution in [0.4, 0.5) is 0 Å². The van der Waals surface area contributed by atoms with Gasteiger partial charge in [0.1, 0.15) is 10.6 Å². The molecule has 1 aromatic rings. The van der Waals surface area contributed by atoms with Crippen LogP contribution in [-0.4, -0.2) is 57.6 Å². The summed E-state index contributed by atoms with van der Waals surface area (Å²) in [6.45, 7) is 3.79. The fraction of sp³-hybridized carbons (Fsp3) is 0.650. The van der Waals surface area contributed by atoms with Gasteiger partial charge in [-0.2, -0.15) is 4.31 Å². The van der Waals surface area contributed by atoms with Crippen molar-refractivity contribution in [3.8, 4) is 5.75 Å². The average molecular weight is 411 g/mol. The van der Waals surface area contributed by atoms with E-state index >= 15 is 0 Å². The molecule has 1 aromatic carbocycles. The molecule has 8 heteroatoms. The third-order valence-electron chi connectivity index (χ3n) is 5.43. The Morgan fingerprint density at radius 1 is 1.32 bits per heavy atom. The Balaban J connectivity index is 1.70. The second-order valence-electron chi connectivity index (χ2n) is 7.56. The average Bonchev–Trinajstić information content (AvgIpc) is 3.39. The largest absolute Gasteiger partial charge is 0.495 e. The van der Waals surface area contributed by atoms with Crippen LogP contribution in [0.2, 0.25) is 0 Å². The normalized spacial score (nSPS) is 21.6. The highest BCUT2D eigenvalue weighted by molar-refractivity contribution is 7.89. The minimum absolute atomic E-state index is 0.0163. The number of nitrogens with one attached hydrogen (secondary N) is 1. The maximum Gasteiger partial charge on any atom is 0.251 e. The highest BCUT2D eigenvalue weighted by Crippen LogP contribution is 2.30. The van der Waals surface area contributed by atoms with E-state index < -0.39 is 10.0 Å². The Kier molecular flexibility index (Phi) is 6.95. The van der Waals surface area contributed by atoms with Crippen LogP contribution in [0.25, 0.3) is 0 Å². The zero-order valence-corrected chi connectivity index (χ0v) is 17.5. The van der Waals surface area contributed by atoms with Gasteiger partial charge >= 0.3 is 0 Å². The van der Waals surface area contributed by atoms with Crippen molar-refractivity contribution >= 4 is 15.9 Å². The van der Waals surface area contributed by atoms with Gasteiger partial charge in [0, 0.05) is 31.3 Å². The van der Waals surface area contributed by atoms with Crippen molar-refractivity contribution in [1.82, 2.24) is 9.62 Å². The van der Waals surface area contributed by atoms with Crippen LogP contribution in [0.5, 0.6) is 5.75 Å². The fourth-order valence-electron chi connectivity index (χ4n) is 3.77. The van der Waals surface area contributed by atoms with Crippen LogP contribution in [0.3, 0.4) is 0 Å². The van der Waals surface area contributed by atoms with Crippen molar-refractivity contribution in [1.29, 1.82) is 0 Å². The molecule has 7 nitrogen and oxygen atoms in total. The molecule has 1 amide bonds. The molecule has 2 heterocycles. The first kappa shape index (κ1) is 21.1. The number of amides is 1. The zero-order valence-electron chi connectivity index (χ0n) is 16.6. The van der Waals surface area contributed by atoms with E-state index in [-0.39, 0.29) is 28.7 Å². The standard InChI is InChI=1S/C20H30N2O5S/c1-15(7-9-17-6-5-13-27-17)21-20(23)16-8-10-18(26-2)19(14-16)28(24,25)22-11-3-4-12-22/h8,10,14-15,17H,3-7,9,11-13H2,1-2H3,(H,21,23). The second kappa shape index (κ2) is 9.24. The minimum atomic E-state index is -3.68. The van der Waals surface area contributed by atoms with Crippen LogP contribution in [0, 0.1) is 0 Å². The summed E-state index contributed by atoms with van der Waals surface area (Å²) in [5, 5.41) is 2.96. The summed E-state index contributed by atoms with van der Waals surface area (Å²) in [7, 11) is -2.24. The third-order valence-corrected chi connectivity index (χ3v) is 7.35. The first-order valence-corrected chi connectivity index (χ1v) is 11.5. The molecular formula is C20H30N2O5S.